The number of rotatable bonds is 3. The highest BCUT2D eigenvalue weighted by molar-refractivity contribution is 6.31. The van der Waals surface area contributed by atoms with Crippen LogP contribution >= 0.6 is 11.6 Å². The van der Waals surface area contributed by atoms with Crippen molar-refractivity contribution in [2.24, 2.45) is 5.92 Å². The number of halogens is 6. The molecule has 2 fully saturated rings. The Labute approximate surface area is 180 Å². The van der Waals surface area contributed by atoms with E-state index in [0.717, 1.165) is 12.1 Å². The standard InChI is InChI=1S/C19H21ClF5N3O3/c1-9-17(29)26-6-7-28(9)18(30)27-16(11-3-4-12(21)14(20)15(11)22)10-2-5-13(31-8-10)19(23,24)25/h3-4,9-10,13,16H,2,5-8H2,1H3,(H,26,29)(H,27,30)/t9-,10-,13+,16+/m1/s1. The summed E-state index contributed by atoms with van der Waals surface area (Å²) in [5, 5.41) is 4.41. The average molecular weight is 470 g/mol. The molecule has 4 atom stereocenters. The number of piperazine rings is 1. The molecule has 0 unspecified atom stereocenters. The summed E-state index contributed by atoms with van der Waals surface area (Å²) in [5.74, 6) is -3.23. The van der Waals surface area contributed by atoms with Crippen LogP contribution < -0.4 is 10.6 Å². The van der Waals surface area contributed by atoms with Gasteiger partial charge in [-0.05, 0) is 25.8 Å². The van der Waals surface area contributed by atoms with E-state index < -0.39 is 59.6 Å². The smallest absolute Gasteiger partial charge is 0.368 e. The number of hydrogen-bond donors (Lipinski definition) is 2. The molecule has 0 bridgehead atoms. The van der Waals surface area contributed by atoms with Crippen LogP contribution in [0.25, 0.3) is 0 Å². The number of ether oxygens (including phenoxy) is 1. The van der Waals surface area contributed by atoms with Crippen molar-refractivity contribution in [2.75, 3.05) is 19.7 Å². The van der Waals surface area contributed by atoms with Crippen LogP contribution in [-0.2, 0) is 9.53 Å². The SMILES string of the molecule is C[C@@H]1C(=O)NCCN1C(=O)N[C@H](c1ccc(F)c(Cl)c1F)[C@@H]1CC[C@@H](C(F)(F)F)OC1. The Morgan fingerprint density at radius 3 is 2.65 bits per heavy atom. The van der Waals surface area contributed by atoms with Crippen molar-refractivity contribution in [3.05, 3.63) is 34.4 Å². The molecule has 12 heteroatoms. The molecule has 31 heavy (non-hydrogen) atoms. The molecular formula is C19H21ClF5N3O3. The summed E-state index contributed by atoms with van der Waals surface area (Å²) in [6.07, 6.45) is -6.89. The molecule has 1 aromatic carbocycles. The first-order valence-corrected chi connectivity index (χ1v) is 10.0. The largest absolute Gasteiger partial charge is 0.414 e. The molecule has 2 aliphatic heterocycles. The van der Waals surface area contributed by atoms with Crippen molar-refractivity contribution in [2.45, 2.75) is 44.1 Å². The maximum Gasteiger partial charge on any atom is 0.414 e. The van der Waals surface area contributed by atoms with Gasteiger partial charge in [0.25, 0.3) is 0 Å². The zero-order valence-electron chi connectivity index (χ0n) is 16.4. The van der Waals surface area contributed by atoms with Crippen LogP contribution in [0, 0.1) is 17.6 Å². The molecule has 0 radical (unpaired) electrons. The van der Waals surface area contributed by atoms with E-state index in [0.29, 0.717) is 0 Å². The highest BCUT2D eigenvalue weighted by Gasteiger charge is 2.45. The van der Waals surface area contributed by atoms with Gasteiger partial charge in [-0.2, -0.15) is 13.2 Å². The van der Waals surface area contributed by atoms with Gasteiger partial charge in [-0.1, -0.05) is 17.7 Å². The Balaban J connectivity index is 1.86. The number of amides is 3. The Morgan fingerprint density at radius 1 is 1.32 bits per heavy atom. The quantitative estimate of drug-likeness (QED) is 0.525. The molecule has 2 heterocycles. The molecule has 0 spiro atoms. The van der Waals surface area contributed by atoms with Crippen LogP contribution in [0.4, 0.5) is 26.7 Å². The van der Waals surface area contributed by atoms with Gasteiger partial charge in [-0.25, -0.2) is 13.6 Å². The predicted octanol–water partition coefficient (Wildman–Crippen LogP) is 3.55. The lowest BCUT2D eigenvalue weighted by Crippen LogP contribution is -2.59. The van der Waals surface area contributed by atoms with Crippen molar-refractivity contribution in [3.63, 3.8) is 0 Å². The fourth-order valence-corrected chi connectivity index (χ4v) is 3.97. The van der Waals surface area contributed by atoms with Gasteiger partial charge in [-0.3, -0.25) is 4.79 Å². The second kappa shape index (κ2) is 9.15. The first kappa shape index (κ1) is 23.5. The van der Waals surface area contributed by atoms with E-state index in [1.165, 1.54) is 11.8 Å². The van der Waals surface area contributed by atoms with Gasteiger partial charge in [0.1, 0.15) is 22.7 Å². The van der Waals surface area contributed by atoms with E-state index in [-0.39, 0.29) is 37.4 Å². The van der Waals surface area contributed by atoms with Crippen LogP contribution in [0.15, 0.2) is 12.1 Å². The number of alkyl halides is 3. The van der Waals surface area contributed by atoms with Gasteiger partial charge >= 0.3 is 12.2 Å². The third-order valence-corrected chi connectivity index (χ3v) is 5.93. The number of carbonyl (C=O) groups is 2. The molecule has 3 amide bonds. The molecule has 172 valence electrons. The van der Waals surface area contributed by atoms with Gasteiger partial charge < -0.3 is 20.3 Å². The Hall–Kier alpha value is -2.14. The van der Waals surface area contributed by atoms with E-state index in [2.05, 4.69) is 10.6 Å². The molecule has 6 nitrogen and oxygen atoms in total. The number of carbonyl (C=O) groups excluding carboxylic acids is 2. The minimum Gasteiger partial charge on any atom is -0.368 e. The molecule has 2 N–H and O–H groups in total. The van der Waals surface area contributed by atoms with E-state index >= 15 is 0 Å². The minimum atomic E-state index is -4.54. The molecule has 2 saturated heterocycles. The van der Waals surface area contributed by atoms with Gasteiger partial charge in [0.05, 0.1) is 12.6 Å². The fourth-order valence-electron chi connectivity index (χ4n) is 3.80. The maximum absolute atomic E-state index is 14.7. The zero-order valence-corrected chi connectivity index (χ0v) is 17.2. The summed E-state index contributed by atoms with van der Waals surface area (Å²) in [6, 6.07) is -0.640. The lowest BCUT2D eigenvalue weighted by molar-refractivity contribution is -0.236. The molecule has 0 aromatic heterocycles. The monoisotopic (exact) mass is 469 g/mol. The average Bonchev–Trinajstić information content (AvgIpc) is 2.72. The molecule has 3 rings (SSSR count). The Bertz CT molecular complexity index is 846. The van der Waals surface area contributed by atoms with Gasteiger partial charge in [0.15, 0.2) is 6.10 Å². The summed E-state index contributed by atoms with van der Waals surface area (Å²) in [5.41, 5.74) is -0.173. The summed E-state index contributed by atoms with van der Waals surface area (Å²) in [7, 11) is 0. The van der Waals surface area contributed by atoms with Crippen LogP contribution in [0.5, 0.6) is 0 Å². The van der Waals surface area contributed by atoms with E-state index in [4.69, 9.17) is 16.3 Å². The fraction of sp³-hybridized carbons (Fsp3) is 0.579. The highest BCUT2D eigenvalue weighted by atomic mass is 35.5. The van der Waals surface area contributed by atoms with E-state index in [9.17, 15) is 31.5 Å². The highest BCUT2D eigenvalue weighted by Crippen LogP contribution is 2.38. The lowest BCUT2D eigenvalue weighted by Gasteiger charge is -2.38. The Kier molecular flexibility index (Phi) is 6.95. The van der Waals surface area contributed by atoms with Gasteiger partial charge in [0.2, 0.25) is 5.91 Å². The molecule has 0 saturated carbocycles. The van der Waals surface area contributed by atoms with Crippen LogP contribution in [-0.4, -0.2) is 54.9 Å². The summed E-state index contributed by atoms with van der Waals surface area (Å²) in [6.45, 7) is 1.52. The Morgan fingerprint density at radius 2 is 2.03 bits per heavy atom. The van der Waals surface area contributed by atoms with Crippen LogP contribution in [0.2, 0.25) is 5.02 Å². The van der Waals surface area contributed by atoms with E-state index in [1.54, 1.807) is 0 Å². The first-order chi connectivity index (χ1) is 14.5. The van der Waals surface area contributed by atoms with Crippen molar-refractivity contribution in [1.82, 2.24) is 15.5 Å². The third kappa shape index (κ3) is 5.03. The van der Waals surface area contributed by atoms with Crippen molar-refractivity contribution in [1.29, 1.82) is 0 Å². The molecule has 1 aromatic rings. The first-order valence-electron chi connectivity index (χ1n) is 9.67. The van der Waals surface area contributed by atoms with Crippen LogP contribution in [0.1, 0.15) is 31.4 Å². The number of nitrogens with zero attached hydrogens (tertiary/aromatic N) is 1. The topological polar surface area (TPSA) is 70.7 Å². The van der Waals surface area contributed by atoms with E-state index in [1.807, 2.05) is 0 Å². The predicted molar refractivity (Wildman–Crippen MR) is 100 cm³/mol. The molecule has 0 aliphatic carbocycles. The van der Waals surface area contributed by atoms with Gasteiger partial charge in [0, 0.05) is 24.6 Å². The summed E-state index contributed by atoms with van der Waals surface area (Å²) < 4.78 is 72.1. The number of hydrogen-bond acceptors (Lipinski definition) is 3. The normalized spacial score (nSPS) is 25.7. The number of nitrogens with one attached hydrogen (secondary N) is 2. The third-order valence-electron chi connectivity index (χ3n) is 5.59. The zero-order chi connectivity index (χ0) is 22.9. The maximum atomic E-state index is 14.7. The van der Waals surface area contributed by atoms with Crippen molar-refractivity contribution >= 4 is 23.5 Å². The van der Waals surface area contributed by atoms with Crippen molar-refractivity contribution in [3.8, 4) is 0 Å². The van der Waals surface area contributed by atoms with Gasteiger partial charge in [-0.15, -0.1) is 0 Å². The van der Waals surface area contributed by atoms with Crippen LogP contribution in [0.3, 0.4) is 0 Å². The number of urea groups is 1. The minimum absolute atomic E-state index is 0.0282. The van der Waals surface area contributed by atoms with Crippen molar-refractivity contribution < 1.29 is 36.3 Å². The summed E-state index contributed by atoms with van der Waals surface area (Å²) in [4.78, 5) is 25.9. The lowest BCUT2D eigenvalue weighted by atomic mass is 9.86. The molecule has 2 aliphatic rings. The molecular weight excluding hydrogens is 449 g/mol. The number of benzene rings is 1. The second-order valence-corrected chi connectivity index (χ2v) is 7.93. The second-order valence-electron chi connectivity index (χ2n) is 7.55. The summed E-state index contributed by atoms with van der Waals surface area (Å²) >= 11 is 5.67.